The third-order valence-electron chi connectivity index (χ3n) is 4.60. The molecule has 2 aromatic carbocycles. The Bertz CT molecular complexity index is 1410. The topological polar surface area (TPSA) is 92.2 Å². The Kier molecular flexibility index (Phi) is 4.50. The number of fused-ring (bicyclic) bond motifs is 2. The number of carbonyl (C=O) groups is 2. The Labute approximate surface area is 178 Å². The van der Waals surface area contributed by atoms with Gasteiger partial charge < -0.3 is 5.11 Å². The molecule has 2 N–H and O–H groups in total. The average molecular weight is 431 g/mol. The number of nitrogens with zero attached hydrogens (tertiary/aromatic N) is 2. The molecule has 3 aromatic heterocycles. The van der Waals surface area contributed by atoms with Crippen molar-refractivity contribution in [2.75, 3.05) is 5.32 Å². The van der Waals surface area contributed by atoms with Crippen LogP contribution in [-0.2, 0) is 0 Å². The van der Waals surface area contributed by atoms with Gasteiger partial charge in [0.15, 0.2) is 5.13 Å². The second kappa shape index (κ2) is 7.33. The highest BCUT2D eigenvalue weighted by Crippen LogP contribution is 2.32. The lowest BCUT2D eigenvalue weighted by Gasteiger charge is -2.04. The molecule has 6 nitrogen and oxygen atoms in total. The monoisotopic (exact) mass is 431 g/mol. The number of amides is 1. The minimum atomic E-state index is -1.08. The number of hydrogen-bond acceptors (Lipinski definition) is 6. The lowest BCUT2D eigenvalue weighted by Crippen LogP contribution is -2.10. The zero-order valence-electron chi connectivity index (χ0n) is 15.3. The van der Waals surface area contributed by atoms with Crippen molar-refractivity contribution < 1.29 is 14.7 Å². The molecule has 0 saturated heterocycles. The summed E-state index contributed by atoms with van der Waals surface area (Å²) in [5, 5.41) is 15.2. The van der Waals surface area contributed by atoms with Gasteiger partial charge in [-0.2, -0.15) is 0 Å². The maximum atomic E-state index is 12.9. The highest BCUT2D eigenvalue weighted by Gasteiger charge is 2.16. The number of nitrogens with one attached hydrogen (secondary N) is 1. The molecule has 0 radical (unpaired) electrons. The van der Waals surface area contributed by atoms with Gasteiger partial charge in [0.2, 0.25) is 0 Å². The molecule has 8 heteroatoms. The highest BCUT2D eigenvalue weighted by atomic mass is 32.1. The number of carboxylic acid groups (broad SMARTS) is 1. The molecule has 0 fully saturated rings. The number of para-hydroxylation sites is 1. The summed E-state index contributed by atoms with van der Waals surface area (Å²) in [6.45, 7) is 0. The molecule has 0 aliphatic carbocycles. The molecule has 0 aliphatic rings. The predicted octanol–water partition coefficient (Wildman–Crippen LogP) is 5.52. The van der Waals surface area contributed by atoms with Crippen molar-refractivity contribution >= 4 is 60.0 Å². The number of anilines is 1. The van der Waals surface area contributed by atoms with Gasteiger partial charge >= 0.3 is 5.97 Å². The van der Waals surface area contributed by atoms with Crippen LogP contribution in [0.1, 0.15) is 20.8 Å². The Hall–Kier alpha value is -3.62. The van der Waals surface area contributed by atoms with Crippen LogP contribution in [0.25, 0.3) is 31.6 Å². The van der Waals surface area contributed by atoms with Gasteiger partial charge in [-0.25, -0.2) is 14.8 Å². The average Bonchev–Trinajstić information content (AvgIpc) is 3.36. The number of benzene rings is 2. The van der Waals surface area contributed by atoms with Gasteiger partial charge in [0.1, 0.15) is 5.69 Å². The van der Waals surface area contributed by atoms with Crippen molar-refractivity contribution in [2.45, 2.75) is 0 Å². The SMILES string of the molecule is O=C(O)c1cccc(-c2ccc3scc(C(=O)Nc4nc5ccccc5s4)c3c2)n1. The van der Waals surface area contributed by atoms with E-state index in [1.54, 1.807) is 12.1 Å². The third-order valence-corrected chi connectivity index (χ3v) is 6.51. The number of thiophene rings is 1. The molecule has 0 atom stereocenters. The molecule has 0 unspecified atom stereocenters. The maximum Gasteiger partial charge on any atom is 0.354 e. The van der Waals surface area contributed by atoms with Crippen molar-refractivity contribution in [3.63, 3.8) is 0 Å². The van der Waals surface area contributed by atoms with Gasteiger partial charge in [-0.1, -0.05) is 35.6 Å². The van der Waals surface area contributed by atoms with E-state index < -0.39 is 5.97 Å². The van der Waals surface area contributed by atoms with E-state index in [9.17, 15) is 14.7 Å². The number of carboxylic acids is 1. The first-order valence-electron chi connectivity index (χ1n) is 8.97. The Morgan fingerprint density at radius 2 is 1.80 bits per heavy atom. The third kappa shape index (κ3) is 3.32. The fraction of sp³-hybridized carbons (Fsp3) is 0. The molecule has 5 aromatic rings. The maximum absolute atomic E-state index is 12.9. The van der Waals surface area contributed by atoms with E-state index in [4.69, 9.17) is 0 Å². The molecule has 0 aliphatic heterocycles. The van der Waals surface area contributed by atoms with Crippen LogP contribution in [0, 0.1) is 0 Å². The molecule has 0 spiro atoms. The smallest absolute Gasteiger partial charge is 0.354 e. The van der Waals surface area contributed by atoms with E-state index in [-0.39, 0.29) is 11.6 Å². The van der Waals surface area contributed by atoms with Gasteiger partial charge in [-0.3, -0.25) is 10.1 Å². The highest BCUT2D eigenvalue weighted by molar-refractivity contribution is 7.22. The van der Waals surface area contributed by atoms with Crippen molar-refractivity contribution in [1.82, 2.24) is 9.97 Å². The number of hydrogen-bond donors (Lipinski definition) is 2. The minimum Gasteiger partial charge on any atom is -0.477 e. The fourth-order valence-electron chi connectivity index (χ4n) is 3.17. The summed E-state index contributed by atoms with van der Waals surface area (Å²) < 4.78 is 1.97. The van der Waals surface area contributed by atoms with E-state index >= 15 is 0 Å². The summed E-state index contributed by atoms with van der Waals surface area (Å²) in [7, 11) is 0. The largest absolute Gasteiger partial charge is 0.477 e. The molecule has 3 heterocycles. The standard InChI is InChI=1S/C22H13N3O3S2/c26-20(25-22-24-16-4-1-2-7-19(16)30-22)14-11-29-18-9-8-12(10-13(14)18)15-5-3-6-17(23-15)21(27)28/h1-11H,(H,27,28)(H,24,25,26). The van der Waals surface area contributed by atoms with E-state index in [1.165, 1.54) is 28.7 Å². The van der Waals surface area contributed by atoms with Crippen molar-refractivity contribution in [2.24, 2.45) is 0 Å². The molecule has 5 rings (SSSR count). The number of carbonyl (C=O) groups excluding carboxylic acids is 1. The molecule has 0 saturated carbocycles. The Morgan fingerprint density at radius 1 is 0.933 bits per heavy atom. The summed E-state index contributed by atoms with van der Waals surface area (Å²) in [6, 6.07) is 18.2. The molecular formula is C22H13N3O3S2. The number of pyridine rings is 1. The van der Waals surface area contributed by atoms with Crippen LogP contribution in [0.3, 0.4) is 0 Å². The van der Waals surface area contributed by atoms with Crippen LogP contribution in [0.4, 0.5) is 5.13 Å². The van der Waals surface area contributed by atoms with Gasteiger partial charge in [0.05, 0.1) is 21.5 Å². The van der Waals surface area contributed by atoms with Crippen molar-refractivity contribution in [3.8, 4) is 11.3 Å². The quantitative estimate of drug-likeness (QED) is 0.391. The van der Waals surface area contributed by atoms with Crippen molar-refractivity contribution in [3.05, 3.63) is 77.3 Å². The zero-order valence-corrected chi connectivity index (χ0v) is 17.0. The van der Waals surface area contributed by atoms with E-state index in [2.05, 4.69) is 15.3 Å². The molecule has 146 valence electrons. The van der Waals surface area contributed by atoms with Gasteiger partial charge in [-0.15, -0.1) is 11.3 Å². The van der Waals surface area contributed by atoms with Gasteiger partial charge in [0.25, 0.3) is 5.91 Å². The van der Waals surface area contributed by atoms with Crippen LogP contribution >= 0.6 is 22.7 Å². The normalized spacial score (nSPS) is 11.1. The lowest BCUT2D eigenvalue weighted by atomic mass is 10.1. The summed E-state index contributed by atoms with van der Waals surface area (Å²) >= 11 is 2.90. The molecule has 30 heavy (non-hydrogen) atoms. The van der Waals surface area contributed by atoms with Crippen LogP contribution in [-0.4, -0.2) is 27.0 Å². The Morgan fingerprint density at radius 3 is 2.63 bits per heavy atom. The lowest BCUT2D eigenvalue weighted by molar-refractivity contribution is 0.0690. The first kappa shape index (κ1) is 18.4. The second-order valence-corrected chi connectivity index (χ2v) is 8.46. The first-order chi connectivity index (χ1) is 14.6. The second-order valence-electron chi connectivity index (χ2n) is 6.51. The summed E-state index contributed by atoms with van der Waals surface area (Å²) in [4.78, 5) is 32.8. The Balaban J connectivity index is 1.50. The summed E-state index contributed by atoms with van der Waals surface area (Å²) in [5.41, 5.74) is 2.66. The summed E-state index contributed by atoms with van der Waals surface area (Å²) in [6.07, 6.45) is 0. The molecule has 1 amide bonds. The number of rotatable bonds is 4. The molecule has 0 bridgehead atoms. The van der Waals surface area contributed by atoms with Crippen LogP contribution in [0.15, 0.2) is 66.0 Å². The van der Waals surface area contributed by atoms with E-state index in [0.717, 1.165) is 25.9 Å². The van der Waals surface area contributed by atoms with Crippen LogP contribution in [0.2, 0.25) is 0 Å². The number of aromatic nitrogens is 2. The first-order valence-corrected chi connectivity index (χ1v) is 10.7. The molecular weight excluding hydrogens is 418 g/mol. The number of thiazole rings is 1. The summed E-state index contributed by atoms with van der Waals surface area (Å²) in [5.74, 6) is -1.31. The number of aromatic carboxylic acids is 1. The van der Waals surface area contributed by atoms with Crippen LogP contribution < -0.4 is 5.32 Å². The predicted molar refractivity (Wildman–Crippen MR) is 120 cm³/mol. The van der Waals surface area contributed by atoms with Gasteiger partial charge in [0, 0.05) is 21.0 Å². The zero-order chi connectivity index (χ0) is 20.7. The van der Waals surface area contributed by atoms with E-state index in [0.29, 0.717) is 16.4 Å². The van der Waals surface area contributed by atoms with E-state index in [1.807, 2.05) is 47.8 Å². The van der Waals surface area contributed by atoms with Crippen LogP contribution in [0.5, 0.6) is 0 Å². The minimum absolute atomic E-state index is 0.0216. The van der Waals surface area contributed by atoms with Crippen molar-refractivity contribution in [1.29, 1.82) is 0 Å². The fourth-order valence-corrected chi connectivity index (χ4v) is 4.95. The van der Waals surface area contributed by atoms with Gasteiger partial charge in [-0.05, 0) is 36.4 Å².